The number of benzene rings is 1. The van der Waals surface area contributed by atoms with Crippen LogP contribution in [-0.2, 0) is 25.0 Å². The molecule has 176 valence electrons. The molecule has 2 fully saturated rings. The molecule has 2 heterocycles. The minimum Gasteiger partial charge on any atom is -0.403 e. The molecular formula is C26H42B2O4. The van der Waals surface area contributed by atoms with Crippen molar-refractivity contribution in [3.63, 3.8) is 0 Å². The van der Waals surface area contributed by atoms with Crippen LogP contribution in [0.3, 0.4) is 0 Å². The highest BCUT2D eigenvalue weighted by Crippen LogP contribution is 2.55. The van der Waals surface area contributed by atoms with Gasteiger partial charge in [0.1, 0.15) is 0 Å². The Morgan fingerprint density at radius 3 is 1.59 bits per heavy atom. The van der Waals surface area contributed by atoms with Gasteiger partial charge in [-0.25, -0.2) is 0 Å². The van der Waals surface area contributed by atoms with Gasteiger partial charge in [0.05, 0.1) is 22.4 Å². The summed E-state index contributed by atoms with van der Waals surface area (Å²) in [6.45, 7) is 20.8. The molecule has 6 heteroatoms. The number of hydrogen-bond acceptors (Lipinski definition) is 4. The third-order valence-electron chi connectivity index (χ3n) is 8.12. The van der Waals surface area contributed by atoms with E-state index in [1.54, 1.807) is 0 Å². The maximum atomic E-state index is 6.71. The molecule has 2 aliphatic heterocycles. The van der Waals surface area contributed by atoms with E-state index in [9.17, 15) is 0 Å². The van der Waals surface area contributed by atoms with Crippen LogP contribution in [0.25, 0.3) is 0 Å². The van der Waals surface area contributed by atoms with E-state index < -0.39 is 41.9 Å². The lowest BCUT2D eigenvalue weighted by molar-refractivity contribution is 0.00578. The zero-order valence-electron chi connectivity index (χ0n) is 21.5. The SMILES string of the molecule is C=CCCCCC(Cc1ccccc1)(B1OC(C)(C)C(C)(C)O1)B1OC(C)(C)C(C)(C)O1. The van der Waals surface area contributed by atoms with Gasteiger partial charge in [-0.05, 0) is 80.2 Å². The Labute approximate surface area is 196 Å². The van der Waals surface area contributed by atoms with E-state index in [-0.39, 0.29) is 0 Å². The molecule has 2 saturated heterocycles. The van der Waals surface area contributed by atoms with Gasteiger partial charge in [0.2, 0.25) is 0 Å². The lowest BCUT2D eigenvalue weighted by atomic mass is 9.35. The quantitative estimate of drug-likeness (QED) is 0.252. The van der Waals surface area contributed by atoms with E-state index in [1.807, 2.05) is 6.08 Å². The normalized spacial score (nSPS) is 23.5. The fourth-order valence-corrected chi connectivity index (χ4v) is 4.48. The van der Waals surface area contributed by atoms with Crippen molar-refractivity contribution in [1.82, 2.24) is 0 Å². The second kappa shape index (κ2) is 8.94. The van der Waals surface area contributed by atoms with Gasteiger partial charge >= 0.3 is 14.2 Å². The molecule has 1 aromatic rings. The lowest BCUT2D eigenvalue weighted by Crippen LogP contribution is -2.50. The predicted octanol–water partition coefficient (Wildman–Crippen LogP) is 6.44. The van der Waals surface area contributed by atoms with Crippen LogP contribution in [0.1, 0.15) is 86.6 Å². The van der Waals surface area contributed by atoms with Crippen molar-refractivity contribution in [2.24, 2.45) is 0 Å². The van der Waals surface area contributed by atoms with Crippen LogP contribution >= 0.6 is 0 Å². The van der Waals surface area contributed by atoms with Crippen LogP contribution < -0.4 is 0 Å². The standard InChI is InChI=1S/C26H42B2O4/c1-10-11-12-16-19-26(20-21-17-14-13-15-18-21,27-29-22(2,3)23(4,5)30-27)28-31-24(6,7)25(8,9)32-28/h10,13-15,17-18H,1,11-12,16,19-20H2,2-9H3. The number of rotatable bonds is 9. The van der Waals surface area contributed by atoms with E-state index in [0.717, 1.165) is 32.1 Å². The van der Waals surface area contributed by atoms with Crippen LogP contribution in [-0.4, -0.2) is 36.6 Å². The van der Waals surface area contributed by atoms with Crippen LogP contribution in [0, 0.1) is 0 Å². The van der Waals surface area contributed by atoms with Crippen molar-refractivity contribution >= 4 is 14.2 Å². The van der Waals surface area contributed by atoms with Crippen molar-refractivity contribution in [3.8, 4) is 0 Å². The first-order valence-electron chi connectivity index (χ1n) is 12.1. The molecule has 0 atom stereocenters. The van der Waals surface area contributed by atoms with Crippen LogP contribution in [0.15, 0.2) is 43.0 Å². The molecule has 0 radical (unpaired) electrons. The lowest BCUT2D eigenvalue weighted by Gasteiger charge is -2.37. The van der Waals surface area contributed by atoms with Gasteiger partial charge in [0.25, 0.3) is 0 Å². The fourth-order valence-electron chi connectivity index (χ4n) is 4.48. The Hall–Kier alpha value is -1.07. The predicted molar refractivity (Wildman–Crippen MR) is 134 cm³/mol. The Balaban J connectivity index is 2.06. The first-order chi connectivity index (χ1) is 14.8. The molecule has 1 aromatic carbocycles. The molecule has 2 aliphatic rings. The molecule has 0 aliphatic carbocycles. The minimum absolute atomic E-state index is 0.426. The van der Waals surface area contributed by atoms with Crippen molar-refractivity contribution in [2.75, 3.05) is 0 Å². The molecule has 4 nitrogen and oxygen atoms in total. The second-order valence-electron chi connectivity index (χ2n) is 11.6. The zero-order valence-corrected chi connectivity index (χ0v) is 21.5. The first-order valence-corrected chi connectivity index (χ1v) is 12.1. The van der Waals surface area contributed by atoms with Crippen LogP contribution in [0.4, 0.5) is 0 Å². The highest BCUT2D eigenvalue weighted by molar-refractivity contribution is 6.71. The van der Waals surface area contributed by atoms with Crippen LogP contribution in [0.2, 0.25) is 5.21 Å². The van der Waals surface area contributed by atoms with Crippen molar-refractivity contribution in [2.45, 2.75) is 115 Å². The Bertz CT molecular complexity index is 720. The van der Waals surface area contributed by atoms with Gasteiger partial charge in [-0.2, -0.15) is 0 Å². The maximum Gasteiger partial charge on any atom is 0.462 e. The summed E-state index contributed by atoms with van der Waals surface area (Å²) < 4.78 is 26.8. The fraction of sp³-hybridized carbons (Fsp3) is 0.692. The summed E-state index contributed by atoms with van der Waals surface area (Å²) in [4.78, 5) is 0. The van der Waals surface area contributed by atoms with E-state index >= 15 is 0 Å². The van der Waals surface area contributed by atoms with Gasteiger partial charge in [-0.3, -0.25) is 0 Å². The van der Waals surface area contributed by atoms with E-state index in [2.05, 4.69) is 92.3 Å². The van der Waals surface area contributed by atoms with E-state index in [4.69, 9.17) is 18.6 Å². The number of unbranched alkanes of at least 4 members (excludes halogenated alkanes) is 2. The summed E-state index contributed by atoms with van der Waals surface area (Å²) in [5.41, 5.74) is -0.468. The van der Waals surface area contributed by atoms with Crippen molar-refractivity contribution in [3.05, 3.63) is 48.6 Å². The Morgan fingerprint density at radius 2 is 1.19 bits per heavy atom. The number of allylic oxidation sites excluding steroid dienone is 1. The minimum atomic E-state index is -0.487. The van der Waals surface area contributed by atoms with Crippen molar-refractivity contribution < 1.29 is 18.6 Å². The summed E-state index contributed by atoms with van der Waals surface area (Å²) >= 11 is 0. The van der Waals surface area contributed by atoms with Gasteiger partial charge in [-0.1, -0.05) is 49.2 Å². The summed E-state index contributed by atoms with van der Waals surface area (Å²) in [7, 11) is -0.878. The zero-order chi connectivity index (χ0) is 23.8. The van der Waals surface area contributed by atoms with Gasteiger partial charge in [0.15, 0.2) is 0 Å². The molecule has 0 spiro atoms. The summed E-state index contributed by atoms with van der Waals surface area (Å²) in [6.07, 6.45) is 6.71. The molecule has 0 amide bonds. The first kappa shape index (κ1) is 25.6. The molecular weight excluding hydrogens is 398 g/mol. The third-order valence-corrected chi connectivity index (χ3v) is 8.12. The average Bonchev–Trinajstić information content (AvgIpc) is 3.05. The number of hydrogen-bond donors (Lipinski definition) is 0. The Kier molecular flexibility index (Phi) is 7.14. The topological polar surface area (TPSA) is 36.9 Å². The molecule has 32 heavy (non-hydrogen) atoms. The molecule has 0 unspecified atom stereocenters. The second-order valence-corrected chi connectivity index (χ2v) is 11.6. The van der Waals surface area contributed by atoms with Gasteiger partial charge in [0, 0.05) is 5.21 Å². The largest absolute Gasteiger partial charge is 0.462 e. The summed E-state index contributed by atoms with van der Waals surface area (Å²) in [5, 5.41) is -0.487. The molecule has 0 bridgehead atoms. The van der Waals surface area contributed by atoms with Gasteiger partial charge in [-0.15, -0.1) is 6.58 Å². The maximum absolute atomic E-state index is 6.71. The van der Waals surface area contributed by atoms with E-state index in [1.165, 1.54) is 5.56 Å². The molecule has 3 rings (SSSR count). The molecule has 0 aromatic heterocycles. The highest BCUT2D eigenvalue weighted by atomic mass is 16.7. The monoisotopic (exact) mass is 440 g/mol. The molecule has 0 N–H and O–H groups in total. The average molecular weight is 440 g/mol. The smallest absolute Gasteiger partial charge is 0.403 e. The Morgan fingerprint density at radius 1 is 0.750 bits per heavy atom. The molecule has 0 saturated carbocycles. The van der Waals surface area contributed by atoms with E-state index in [0.29, 0.717) is 0 Å². The summed E-state index contributed by atoms with van der Waals surface area (Å²) in [5.74, 6) is 0. The highest BCUT2D eigenvalue weighted by Gasteiger charge is 2.68. The third kappa shape index (κ3) is 4.75. The summed E-state index contributed by atoms with van der Waals surface area (Å²) in [6, 6.07) is 10.6. The van der Waals surface area contributed by atoms with Crippen LogP contribution in [0.5, 0.6) is 0 Å². The van der Waals surface area contributed by atoms with Gasteiger partial charge < -0.3 is 18.6 Å². The van der Waals surface area contributed by atoms with Crippen molar-refractivity contribution in [1.29, 1.82) is 0 Å².